The molecule has 9 nitrogen and oxygen atoms in total. The van der Waals surface area contributed by atoms with Crippen LogP contribution in [0.25, 0.3) is 0 Å². The van der Waals surface area contributed by atoms with E-state index < -0.39 is 0 Å². The summed E-state index contributed by atoms with van der Waals surface area (Å²) in [6, 6.07) is 5.54. The Hall–Kier alpha value is -2.94. The molecule has 0 radical (unpaired) electrons. The van der Waals surface area contributed by atoms with Gasteiger partial charge in [0.1, 0.15) is 5.69 Å². The third kappa shape index (κ3) is 5.15. The van der Waals surface area contributed by atoms with E-state index in [1.54, 1.807) is 7.05 Å². The Morgan fingerprint density at radius 2 is 1.97 bits per heavy atom. The normalized spacial score (nSPS) is 15.1. The number of aromatic nitrogens is 3. The van der Waals surface area contributed by atoms with E-state index in [0.717, 1.165) is 43.9 Å². The Morgan fingerprint density at radius 3 is 2.60 bits per heavy atom. The van der Waals surface area contributed by atoms with Crippen molar-refractivity contribution in [2.45, 2.75) is 39.2 Å². The number of rotatable bonds is 6. The van der Waals surface area contributed by atoms with Gasteiger partial charge in [-0.2, -0.15) is 5.10 Å². The number of aryl methyl sites for hydroxylation is 2. The third-order valence-electron chi connectivity index (χ3n) is 5.56. The van der Waals surface area contributed by atoms with Gasteiger partial charge in [-0.3, -0.25) is 19.7 Å². The van der Waals surface area contributed by atoms with Gasteiger partial charge >= 0.3 is 6.03 Å². The van der Waals surface area contributed by atoms with Crippen LogP contribution in [0, 0.1) is 6.92 Å². The summed E-state index contributed by atoms with van der Waals surface area (Å²) >= 11 is 0. The fourth-order valence-electron chi connectivity index (χ4n) is 3.93. The summed E-state index contributed by atoms with van der Waals surface area (Å²) in [5.74, 6) is 0.858. The second-order valence-corrected chi connectivity index (χ2v) is 7.63. The lowest BCUT2D eigenvalue weighted by Gasteiger charge is -2.32. The van der Waals surface area contributed by atoms with Gasteiger partial charge in [-0.25, -0.2) is 9.78 Å². The number of anilines is 1. The van der Waals surface area contributed by atoms with E-state index in [-0.39, 0.29) is 11.9 Å². The summed E-state index contributed by atoms with van der Waals surface area (Å²) < 4.78 is 1.82. The Kier molecular flexibility index (Phi) is 7.04. The van der Waals surface area contributed by atoms with E-state index in [4.69, 9.17) is 0 Å². The molecule has 1 fully saturated rings. The van der Waals surface area contributed by atoms with Crippen molar-refractivity contribution in [2.24, 2.45) is 7.05 Å². The van der Waals surface area contributed by atoms with Crippen molar-refractivity contribution >= 4 is 17.8 Å². The highest BCUT2D eigenvalue weighted by molar-refractivity contribution is 5.92. The quantitative estimate of drug-likeness (QED) is 0.672. The smallest absolute Gasteiger partial charge is 0.320 e. The van der Waals surface area contributed by atoms with E-state index in [0.29, 0.717) is 24.0 Å². The van der Waals surface area contributed by atoms with Gasteiger partial charge in [0, 0.05) is 38.9 Å². The molecule has 3 amide bonds. The first-order chi connectivity index (χ1) is 14.4. The van der Waals surface area contributed by atoms with E-state index in [9.17, 15) is 9.59 Å². The molecule has 0 saturated carbocycles. The van der Waals surface area contributed by atoms with Crippen LogP contribution in [0.15, 0.2) is 18.2 Å². The zero-order valence-electron chi connectivity index (χ0n) is 18.2. The number of nitrogens with zero attached hydrogens (tertiary/aromatic N) is 4. The van der Waals surface area contributed by atoms with E-state index in [1.165, 1.54) is 5.56 Å². The molecule has 2 aromatic heterocycles. The van der Waals surface area contributed by atoms with Gasteiger partial charge in [-0.05, 0) is 57.3 Å². The molecule has 0 bridgehead atoms. The molecule has 0 aliphatic carbocycles. The number of piperidine rings is 1. The lowest BCUT2D eigenvalue weighted by molar-refractivity contribution is 0.0958. The van der Waals surface area contributed by atoms with Crippen molar-refractivity contribution in [2.75, 3.05) is 32.0 Å². The van der Waals surface area contributed by atoms with Gasteiger partial charge in [-0.1, -0.05) is 6.07 Å². The first kappa shape index (κ1) is 21.8. The van der Waals surface area contributed by atoms with Crippen LogP contribution in [0.2, 0.25) is 0 Å². The molecule has 9 heteroatoms. The van der Waals surface area contributed by atoms with Gasteiger partial charge in [0.05, 0.1) is 5.69 Å². The third-order valence-corrected chi connectivity index (χ3v) is 5.56. The molecule has 0 unspecified atom stereocenters. The van der Waals surface area contributed by atoms with Crippen molar-refractivity contribution in [3.8, 4) is 0 Å². The highest BCUT2D eigenvalue weighted by atomic mass is 16.2. The number of urea groups is 1. The van der Waals surface area contributed by atoms with Crippen molar-refractivity contribution in [3.05, 3.63) is 40.8 Å². The minimum absolute atomic E-state index is 0.156. The first-order valence-corrected chi connectivity index (χ1v) is 10.4. The maximum absolute atomic E-state index is 11.8. The fraction of sp³-hybridized carbons (Fsp3) is 0.524. The van der Waals surface area contributed by atoms with E-state index in [2.05, 4.69) is 30.9 Å². The summed E-state index contributed by atoms with van der Waals surface area (Å²) in [6.07, 6.45) is 2.09. The zero-order valence-corrected chi connectivity index (χ0v) is 18.2. The lowest BCUT2D eigenvalue weighted by atomic mass is 9.88. The van der Waals surface area contributed by atoms with Gasteiger partial charge in [0.15, 0.2) is 5.82 Å². The molecular weight excluding hydrogens is 382 g/mol. The number of carbonyl (C=O) groups excluding carboxylic acids is 2. The predicted molar refractivity (Wildman–Crippen MR) is 116 cm³/mol. The maximum Gasteiger partial charge on any atom is 0.320 e. The second kappa shape index (κ2) is 9.71. The molecule has 0 spiro atoms. The van der Waals surface area contributed by atoms with Crippen LogP contribution in [0.3, 0.4) is 0 Å². The van der Waals surface area contributed by atoms with Gasteiger partial charge < -0.3 is 10.6 Å². The molecule has 162 valence electrons. The minimum Gasteiger partial charge on any atom is -0.354 e. The van der Waals surface area contributed by atoms with Crippen LogP contribution in [0.4, 0.5) is 10.6 Å². The molecule has 1 saturated heterocycles. The summed E-state index contributed by atoms with van der Waals surface area (Å²) in [4.78, 5) is 30.4. The van der Waals surface area contributed by atoms with E-state index >= 15 is 0 Å². The predicted octanol–water partition coefficient (Wildman–Crippen LogP) is 2.00. The Morgan fingerprint density at radius 1 is 1.23 bits per heavy atom. The van der Waals surface area contributed by atoms with Crippen LogP contribution in [0.5, 0.6) is 0 Å². The summed E-state index contributed by atoms with van der Waals surface area (Å²) in [5, 5.41) is 12.5. The second-order valence-electron chi connectivity index (χ2n) is 7.63. The number of carbonyl (C=O) groups is 2. The Bertz CT molecular complexity index is 901. The molecule has 1 aliphatic heterocycles. The van der Waals surface area contributed by atoms with Gasteiger partial charge in [0.2, 0.25) is 0 Å². The number of pyridine rings is 1. The molecule has 3 N–H and O–H groups in total. The molecule has 3 heterocycles. The molecule has 2 aromatic rings. The van der Waals surface area contributed by atoms with Crippen molar-refractivity contribution in [3.63, 3.8) is 0 Å². The van der Waals surface area contributed by atoms with Crippen LogP contribution >= 0.6 is 0 Å². The first-order valence-electron chi connectivity index (χ1n) is 10.4. The number of hydrogen-bond donors (Lipinski definition) is 3. The van der Waals surface area contributed by atoms with Gasteiger partial charge in [-0.15, -0.1) is 0 Å². The van der Waals surface area contributed by atoms with Crippen LogP contribution in [-0.4, -0.2) is 58.3 Å². The summed E-state index contributed by atoms with van der Waals surface area (Å²) in [5.41, 5.74) is 3.69. The highest BCUT2D eigenvalue weighted by Gasteiger charge is 2.23. The van der Waals surface area contributed by atoms with Crippen LogP contribution in [-0.2, 0) is 13.6 Å². The maximum atomic E-state index is 11.8. The number of nitrogens with one attached hydrogen (secondary N) is 3. The Labute approximate surface area is 177 Å². The molecule has 1 aliphatic rings. The summed E-state index contributed by atoms with van der Waals surface area (Å²) in [7, 11) is 3.51. The standard InChI is InChI=1S/C21H31N7O2/c1-5-23-21(30)25-19-12-16(27(4)26-19)13-28-10-8-15(9-11-28)17-6-7-18(20(29)22-3)24-14(17)2/h6-7,12,15H,5,8-11,13H2,1-4H3,(H,22,29)(H2,23,25,26,30). The molecule has 30 heavy (non-hydrogen) atoms. The Balaban J connectivity index is 1.57. The SMILES string of the molecule is CCNC(=O)Nc1cc(CN2CCC(c3ccc(C(=O)NC)nc3C)CC2)n(C)n1. The number of amides is 3. The average Bonchev–Trinajstić information content (AvgIpc) is 3.06. The van der Waals surface area contributed by atoms with Crippen molar-refractivity contribution < 1.29 is 9.59 Å². The zero-order chi connectivity index (χ0) is 21.7. The van der Waals surface area contributed by atoms with E-state index in [1.807, 2.05) is 43.8 Å². The highest BCUT2D eigenvalue weighted by Crippen LogP contribution is 2.30. The fourth-order valence-corrected chi connectivity index (χ4v) is 3.93. The largest absolute Gasteiger partial charge is 0.354 e. The van der Waals surface area contributed by atoms with Crippen molar-refractivity contribution in [1.82, 2.24) is 30.3 Å². The van der Waals surface area contributed by atoms with Gasteiger partial charge in [0.25, 0.3) is 5.91 Å². The molecule has 0 atom stereocenters. The lowest BCUT2D eigenvalue weighted by Crippen LogP contribution is -2.33. The number of likely N-dealkylation sites (tertiary alicyclic amines) is 1. The molecule has 3 rings (SSSR count). The van der Waals surface area contributed by atoms with Crippen molar-refractivity contribution in [1.29, 1.82) is 0 Å². The topological polar surface area (TPSA) is 104 Å². The monoisotopic (exact) mass is 413 g/mol. The molecular formula is C21H31N7O2. The van der Waals surface area contributed by atoms with Crippen LogP contribution < -0.4 is 16.0 Å². The van der Waals surface area contributed by atoms with Crippen LogP contribution in [0.1, 0.15) is 53.1 Å². The summed E-state index contributed by atoms with van der Waals surface area (Å²) in [6.45, 7) is 7.18. The number of hydrogen-bond acceptors (Lipinski definition) is 5. The molecule has 0 aromatic carbocycles. The average molecular weight is 414 g/mol. The minimum atomic E-state index is -0.241.